The normalized spacial score (nSPS) is 26.1. The average molecular weight is 489 g/mol. The van der Waals surface area contributed by atoms with Crippen LogP contribution in [0.5, 0.6) is 0 Å². The third kappa shape index (κ3) is 3.24. The SMILES string of the molecule is Cc1ccc(C2(O)[C@@H]3CC[C@H]2CN(c2cc4c(cnn4-c4cnn(C5CC5)c4)cc2Cl)C3)c(C)n1. The lowest BCUT2D eigenvalue weighted by Gasteiger charge is -2.46. The van der Waals surface area contributed by atoms with Crippen LogP contribution in [0.3, 0.4) is 0 Å². The van der Waals surface area contributed by atoms with Gasteiger partial charge in [-0.2, -0.15) is 10.2 Å². The number of hydrogen-bond acceptors (Lipinski definition) is 5. The predicted molar refractivity (Wildman–Crippen MR) is 136 cm³/mol. The van der Waals surface area contributed by atoms with Crippen molar-refractivity contribution in [2.45, 2.75) is 51.2 Å². The van der Waals surface area contributed by atoms with Gasteiger partial charge in [0.2, 0.25) is 0 Å². The third-order valence-corrected chi connectivity index (χ3v) is 8.68. The highest BCUT2D eigenvalue weighted by Crippen LogP contribution is 2.53. The molecule has 1 aromatic carbocycles. The molecule has 3 fully saturated rings. The number of fused-ring (bicyclic) bond motifs is 3. The maximum atomic E-state index is 12.0. The maximum absolute atomic E-state index is 12.0. The molecule has 4 aromatic rings. The van der Waals surface area contributed by atoms with Crippen molar-refractivity contribution >= 4 is 28.2 Å². The van der Waals surface area contributed by atoms with Gasteiger partial charge in [0.1, 0.15) is 11.3 Å². The van der Waals surface area contributed by atoms with E-state index in [4.69, 9.17) is 11.6 Å². The largest absolute Gasteiger partial charge is 0.384 e. The average Bonchev–Trinajstić information content (AvgIpc) is 3.40. The Morgan fingerprint density at radius 1 is 1.00 bits per heavy atom. The Balaban J connectivity index is 1.24. The number of aryl methyl sites for hydroxylation is 2. The first-order chi connectivity index (χ1) is 16.9. The van der Waals surface area contributed by atoms with E-state index < -0.39 is 5.60 Å². The topological polar surface area (TPSA) is 72.0 Å². The van der Waals surface area contributed by atoms with Gasteiger partial charge in [-0.05, 0) is 57.7 Å². The molecule has 180 valence electrons. The van der Waals surface area contributed by atoms with Gasteiger partial charge in [-0.1, -0.05) is 17.7 Å². The van der Waals surface area contributed by atoms with Gasteiger partial charge in [-0.3, -0.25) is 9.67 Å². The van der Waals surface area contributed by atoms with E-state index in [-0.39, 0.29) is 11.8 Å². The number of pyridine rings is 1. The number of halogens is 1. The van der Waals surface area contributed by atoms with Crippen LogP contribution >= 0.6 is 11.6 Å². The quantitative estimate of drug-likeness (QED) is 0.439. The van der Waals surface area contributed by atoms with Gasteiger partial charge in [0.05, 0.1) is 40.9 Å². The van der Waals surface area contributed by atoms with E-state index in [9.17, 15) is 5.11 Å². The smallest absolute Gasteiger partial charge is 0.103 e. The van der Waals surface area contributed by atoms with Crippen molar-refractivity contribution in [2.24, 2.45) is 11.8 Å². The van der Waals surface area contributed by atoms with Crippen molar-refractivity contribution in [1.29, 1.82) is 0 Å². The number of aliphatic hydroxyl groups is 1. The van der Waals surface area contributed by atoms with E-state index in [1.165, 1.54) is 12.8 Å². The molecular weight excluding hydrogens is 460 g/mol. The van der Waals surface area contributed by atoms with E-state index in [0.717, 1.165) is 70.2 Å². The van der Waals surface area contributed by atoms with Crippen LogP contribution in [-0.2, 0) is 5.60 Å². The first kappa shape index (κ1) is 21.4. The molecule has 0 amide bonds. The van der Waals surface area contributed by atoms with Crippen LogP contribution < -0.4 is 4.90 Å². The summed E-state index contributed by atoms with van der Waals surface area (Å²) in [5, 5.41) is 22.9. The van der Waals surface area contributed by atoms with Crippen LogP contribution in [0.2, 0.25) is 5.02 Å². The highest BCUT2D eigenvalue weighted by molar-refractivity contribution is 6.34. The number of rotatable bonds is 4. The molecule has 8 heteroatoms. The van der Waals surface area contributed by atoms with Crippen molar-refractivity contribution < 1.29 is 5.11 Å². The van der Waals surface area contributed by atoms with Gasteiger partial charge in [0.25, 0.3) is 0 Å². The summed E-state index contributed by atoms with van der Waals surface area (Å²) in [6.45, 7) is 5.54. The van der Waals surface area contributed by atoms with Crippen LogP contribution in [-0.4, -0.2) is 42.7 Å². The van der Waals surface area contributed by atoms with E-state index in [1.807, 2.05) is 47.7 Å². The molecule has 1 unspecified atom stereocenters. The second-order valence-corrected chi connectivity index (χ2v) is 11.0. The fraction of sp³-hybridized carbons (Fsp3) is 0.444. The lowest BCUT2D eigenvalue weighted by Crippen LogP contribution is -2.52. The summed E-state index contributed by atoms with van der Waals surface area (Å²) in [5.41, 5.74) is 5.07. The predicted octanol–water partition coefficient (Wildman–Crippen LogP) is 4.96. The molecule has 2 bridgehead atoms. The van der Waals surface area contributed by atoms with Gasteiger partial charge < -0.3 is 10.0 Å². The van der Waals surface area contributed by atoms with Crippen LogP contribution in [0.25, 0.3) is 16.6 Å². The van der Waals surface area contributed by atoms with Crippen molar-refractivity contribution in [3.05, 3.63) is 64.8 Å². The molecule has 7 rings (SSSR count). The van der Waals surface area contributed by atoms with Gasteiger partial charge in [-0.25, -0.2) is 4.68 Å². The Bertz CT molecular complexity index is 1440. The molecule has 7 nitrogen and oxygen atoms in total. The van der Waals surface area contributed by atoms with E-state index in [1.54, 1.807) is 0 Å². The molecule has 3 aliphatic rings. The lowest BCUT2D eigenvalue weighted by atomic mass is 9.74. The molecule has 3 aromatic heterocycles. The molecule has 0 radical (unpaired) electrons. The minimum absolute atomic E-state index is 0.137. The van der Waals surface area contributed by atoms with Crippen LogP contribution in [0.15, 0.2) is 42.9 Å². The molecular formula is C27H29ClN6O. The first-order valence-electron chi connectivity index (χ1n) is 12.6. The fourth-order valence-corrected chi connectivity index (χ4v) is 6.74. The van der Waals surface area contributed by atoms with Crippen molar-refractivity contribution in [1.82, 2.24) is 24.5 Å². The lowest BCUT2D eigenvalue weighted by molar-refractivity contribution is -0.0517. The van der Waals surface area contributed by atoms with Crippen molar-refractivity contribution in [3.8, 4) is 5.69 Å². The number of benzene rings is 1. The molecule has 3 atom stereocenters. The zero-order chi connectivity index (χ0) is 23.9. The molecule has 0 spiro atoms. The standard InChI is InChI=1S/C27H29ClN6O/c1-16-3-8-23(17(2)31-16)27(35)19-4-5-20(27)14-32(13-19)26-10-25-18(9-24(26)28)11-30-34(25)22-12-29-33(15-22)21-6-7-21/h3,8-12,15,19-21,35H,4-7,13-14H2,1-2H3/t19-,20+,27?. The Labute approximate surface area is 209 Å². The van der Waals surface area contributed by atoms with E-state index in [0.29, 0.717) is 6.04 Å². The second kappa shape index (κ2) is 7.55. The number of nitrogens with zero attached hydrogens (tertiary/aromatic N) is 6. The van der Waals surface area contributed by atoms with Crippen LogP contribution in [0.4, 0.5) is 5.69 Å². The Kier molecular flexibility index (Phi) is 4.61. The molecule has 1 N–H and O–H groups in total. The summed E-state index contributed by atoms with van der Waals surface area (Å²) in [4.78, 5) is 7.02. The first-order valence-corrected chi connectivity index (χ1v) is 12.9. The summed E-state index contributed by atoms with van der Waals surface area (Å²) in [6, 6.07) is 8.80. The molecule has 1 saturated heterocycles. The summed E-state index contributed by atoms with van der Waals surface area (Å²) in [6.07, 6.45) is 10.2. The molecule has 2 saturated carbocycles. The maximum Gasteiger partial charge on any atom is 0.103 e. The Morgan fingerprint density at radius 2 is 1.77 bits per heavy atom. The number of hydrogen-bond donors (Lipinski definition) is 1. The highest BCUT2D eigenvalue weighted by atomic mass is 35.5. The van der Waals surface area contributed by atoms with Crippen LogP contribution in [0, 0.1) is 25.7 Å². The van der Waals surface area contributed by atoms with Gasteiger partial charge >= 0.3 is 0 Å². The van der Waals surface area contributed by atoms with Gasteiger partial charge in [0, 0.05) is 47.3 Å². The number of anilines is 1. The summed E-state index contributed by atoms with van der Waals surface area (Å²) in [7, 11) is 0. The van der Waals surface area contributed by atoms with E-state index in [2.05, 4.69) is 38.4 Å². The molecule has 35 heavy (non-hydrogen) atoms. The van der Waals surface area contributed by atoms with Crippen molar-refractivity contribution in [2.75, 3.05) is 18.0 Å². The van der Waals surface area contributed by atoms with E-state index >= 15 is 0 Å². The molecule has 4 heterocycles. The fourth-order valence-electron chi connectivity index (χ4n) is 6.45. The summed E-state index contributed by atoms with van der Waals surface area (Å²) in [5.74, 6) is 0.274. The minimum Gasteiger partial charge on any atom is -0.384 e. The zero-order valence-corrected chi connectivity index (χ0v) is 20.8. The Hall–Kier alpha value is -2.90. The summed E-state index contributed by atoms with van der Waals surface area (Å²) < 4.78 is 4.00. The van der Waals surface area contributed by atoms with Gasteiger partial charge in [0.15, 0.2) is 0 Å². The highest BCUT2D eigenvalue weighted by Gasteiger charge is 2.54. The second-order valence-electron chi connectivity index (χ2n) is 10.6. The number of aromatic nitrogens is 5. The molecule has 1 aliphatic heterocycles. The van der Waals surface area contributed by atoms with Gasteiger partial charge in [-0.15, -0.1) is 0 Å². The summed E-state index contributed by atoms with van der Waals surface area (Å²) >= 11 is 6.82. The third-order valence-electron chi connectivity index (χ3n) is 8.38. The minimum atomic E-state index is -0.836. The zero-order valence-electron chi connectivity index (χ0n) is 20.0. The monoisotopic (exact) mass is 488 g/mol. The van der Waals surface area contributed by atoms with Crippen molar-refractivity contribution in [3.63, 3.8) is 0 Å². The van der Waals surface area contributed by atoms with Crippen LogP contribution in [0.1, 0.15) is 48.7 Å². The molecule has 2 aliphatic carbocycles. The Morgan fingerprint density at radius 3 is 2.49 bits per heavy atom. The number of piperidine rings is 1.